The molecule has 3 heterocycles. The Morgan fingerprint density at radius 2 is 1.14 bits per heavy atom. The zero-order valence-corrected chi connectivity index (χ0v) is 22.9. The minimum atomic E-state index is 0. The molecule has 1 N–H and O–H groups in total. The Balaban J connectivity index is 0.000000168. The summed E-state index contributed by atoms with van der Waals surface area (Å²) >= 11 is 0. The molecule has 0 atom stereocenters. The van der Waals surface area contributed by atoms with Crippen LogP contribution in [0.3, 0.4) is 0 Å². The summed E-state index contributed by atoms with van der Waals surface area (Å²) in [5, 5.41) is 9.81. The Hall–Kier alpha value is -3.87. The molecule has 1 radical (unpaired) electrons. The van der Waals surface area contributed by atoms with Crippen LogP contribution in [-0.2, 0) is 20.1 Å². The van der Waals surface area contributed by atoms with E-state index in [-0.39, 0.29) is 25.9 Å². The molecular formula is C29H27IrN6O-5. The first-order valence-electron chi connectivity index (χ1n) is 11.5. The van der Waals surface area contributed by atoms with Crippen LogP contribution in [-0.4, -0.2) is 29.0 Å². The number of hydrogen-bond donors (Lipinski definition) is 1. The third-order valence-electron chi connectivity index (χ3n) is 5.63. The summed E-state index contributed by atoms with van der Waals surface area (Å²) in [7, 11) is 4.01. The largest absolute Gasteiger partial charge is 0.510 e. The quantitative estimate of drug-likeness (QED) is 0.380. The first-order valence-corrected chi connectivity index (χ1v) is 11.5. The monoisotopic (exact) mass is 668 g/mol. The van der Waals surface area contributed by atoms with Crippen LogP contribution in [0.1, 0.15) is 0 Å². The van der Waals surface area contributed by atoms with E-state index in [0.717, 1.165) is 22.7 Å². The van der Waals surface area contributed by atoms with Crippen LogP contribution in [0.5, 0.6) is 5.75 Å². The zero-order chi connectivity index (χ0) is 24.9. The predicted molar refractivity (Wildman–Crippen MR) is 144 cm³/mol. The van der Waals surface area contributed by atoms with Crippen LogP contribution >= 0.6 is 0 Å². The normalized spacial score (nSPS) is 15.8. The van der Waals surface area contributed by atoms with Gasteiger partial charge in [0.2, 0.25) is 0 Å². The molecule has 0 spiro atoms. The molecule has 37 heavy (non-hydrogen) atoms. The molecule has 3 aliphatic rings. The van der Waals surface area contributed by atoms with Gasteiger partial charge in [-0.1, -0.05) is 12.1 Å². The topological polar surface area (TPSA) is 39.7 Å². The number of phenolic OH excluding ortho intramolecular Hbond substituents is 1. The van der Waals surface area contributed by atoms with Gasteiger partial charge in [0.15, 0.2) is 0 Å². The fourth-order valence-corrected chi connectivity index (χ4v) is 3.80. The van der Waals surface area contributed by atoms with Gasteiger partial charge in [-0.05, 0) is 63.4 Å². The van der Waals surface area contributed by atoms with Crippen molar-refractivity contribution < 1.29 is 25.2 Å². The van der Waals surface area contributed by atoms with Gasteiger partial charge in [0.1, 0.15) is 5.75 Å². The number of phenols is 1. The summed E-state index contributed by atoms with van der Waals surface area (Å²) in [5.41, 5.74) is 3.78. The Bertz CT molecular complexity index is 1220. The van der Waals surface area contributed by atoms with E-state index in [9.17, 15) is 5.11 Å². The van der Waals surface area contributed by atoms with E-state index in [2.05, 4.69) is 12.1 Å². The number of rotatable bonds is 4. The van der Waals surface area contributed by atoms with Gasteiger partial charge in [-0.3, -0.25) is 0 Å². The maximum atomic E-state index is 9.81. The molecule has 3 aromatic carbocycles. The standard InChI is InChI=1S/C15H12N2O.C14H15N4.Ir/c18-15-9-5-4-8-14(15)17-11-10-16(12-17)13-6-2-1-3-7-13;1-15-6-8-17(11-15)13-4-3-5-14(10-13)18-9-7-16(2)12-18;/h1-6,8-12,18H;3-9,11-12H,1-2H3;/q-2;-3;. The van der Waals surface area contributed by atoms with Gasteiger partial charge in [0, 0.05) is 20.1 Å². The van der Waals surface area contributed by atoms with Crippen molar-refractivity contribution in [2.75, 3.05) is 33.7 Å². The van der Waals surface area contributed by atoms with E-state index < -0.39 is 0 Å². The summed E-state index contributed by atoms with van der Waals surface area (Å²) in [6, 6.07) is 27.7. The van der Waals surface area contributed by atoms with Gasteiger partial charge >= 0.3 is 0 Å². The molecule has 0 aromatic heterocycles. The number of benzene rings is 3. The molecule has 0 aliphatic carbocycles. The van der Waals surface area contributed by atoms with Gasteiger partial charge in [-0.15, -0.1) is 41.9 Å². The number of para-hydroxylation sites is 3. The number of nitrogens with zero attached hydrogens (tertiary/aromatic N) is 6. The van der Waals surface area contributed by atoms with Crippen molar-refractivity contribution in [1.82, 2.24) is 9.80 Å². The average molecular weight is 668 g/mol. The predicted octanol–water partition coefficient (Wildman–Crippen LogP) is 5.28. The Labute approximate surface area is 232 Å². The van der Waals surface area contributed by atoms with E-state index in [1.165, 1.54) is 0 Å². The summed E-state index contributed by atoms with van der Waals surface area (Å²) in [6.07, 6.45) is 11.9. The van der Waals surface area contributed by atoms with Crippen molar-refractivity contribution in [2.45, 2.75) is 0 Å². The second-order valence-corrected chi connectivity index (χ2v) is 8.36. The maximum absolute atomic E-state index is 9.81. The van der Waals surface area contributed by atoms with Crippen LogP contribution in [0.4, 0.5) is 22.7 Å². The molecule has 0 saturated heterocycles. The molecule has 3 aliphatic heterocycles. The average Bonchev–Trinajstić information content (AvgIpc) is 3.67. The summed E-state index contributed by atoms with van der Waals surface area (Å²) in [4.78, 5) is 11.9. The second kappa shape index (κ2) is 11.9. The third kappa shape index (κ3) is 6.28. The van der Waals surface area contributed by atoms with Crippen molar-refractivity contribution in [2.24, 2.45) is 0 Å². The Morgan fingerprint density at radius 3 is 1.70 bits per heavy atom. The van der Waals surface area contributed by atoms with E-state index >= 15 is 0 Å². The molecule has 193 valence electrons. The van der Waals surface area contributed by atoms with Crippen LogP contribution in [0.25, 0.3) is 0 Å². The van der Waals surface area contributed by atoms with Gasteiger partial charge in [-0.25, -0.2) is 0 Å². The first-order chi connectivity index (χ1) is 17.6. The Kier molecular flexibility index (Phi) is 8.43. The van der Waals surface area contributed by atoms with E-state index in [4.69, 9.17) is 0 Å². The van der Waals surface area contributed by atoms with E-state index in [1.54, 1.807) is 12.1 Å². The van der Waals surface area contributed by atoms with Crippen molar-refractivity contribution in [1.29, 1.82) is 0 Å². The van der Waals surface area contributed by atoms with Gasteiger partial charge in [-0.2, -0.15) is 49.7 Å². The molecule has 7 nitrogen and oxygen atoms in total. The fourth-order valence-electron chi connectivity index (χ4n) is 3.80. The molecule has 0 fully saturated rings. The van der Waals surface area contributed by atoms with E-state index in [1.807, 2.05) is 155 Å². The fraction of sp³-hybridized carbons (Fsp3) is 0.0690. The molecule has 0 unspecified atom stereocenters. The third-order valence-corrected chi connectivity index (χ3v) is 5.63. The van der Waals surface area contributed by atoms with Gasteiger partial charge in [0.25, 0.3) is 0 Å². The summed E-state index contributed by atoms with van der Waals surface area (Å²) < 4.78 is 0. The number of aromatic hydroxyl groups is 1. The van der Waals surface area contributed by atoms with Crippen molar-refractivity contribution >= 4 is 22.7 Å². The molecular weight excluding hydrogens is 641 g/mol. The smallest absolute Gasteiger partial charge is 0.136 e. The molecule has 0 saturated carbocycles. The van der Waals surface area contributed by atoms with Crippen molar-refractivity contribution in [3.8, 4) is 5.75 Å². The Morgan fingerprint density at radius 1 is 0.595 bits per heavy atom. The minimum Gasteiger partial charge on any atom is -0.510 e. The van der Waals surface area contributed by atoms with Crippen LogP contribution in [0, 0.1) is 32.1 Å². The van der Waals surface area contributed by atoms with Gasteiger partial charge in [0.05, 0.1) is 5.69 Å². The molecule has 0 bridgehead atoms. The van der Waals surface area contributed by atoms with Crippen LogP contribution < -0.4 is 19.6 Å². The van der Waals surface area contributed by atoms with Crippen molar-refractivity contribution in [3.05, 3.63) is 136 Å². The molecule has 0 amide bonds. The molecule has 6 rings (SSSR count). The zero-order valence-electron chi connectivity index (χ0n) is 20.5. The van der Waals surface area contributed by atoms with Crippen molar-refractivity contribution in [3.63, 3.8) is 0 Å². The summed E-state index contributed by atoms with van der Waals surface area (Å²) in [5.74, 6) is 0.261. The summed E-state index contributed by atoms with van der Waals surface area (Å²) in [6.45, 7) is 5.94. The number of anilines is 4. The van der Waals surface area contributed by atoms with E-state index in [0.29, 0.717) is 0 Å². The molecule has 3 aromatic rings. The minimum absolute atomic E-state index is 0. The SMILES string of the molecule is CN1C=CN(c2[c-]c(N3C=CN(C)[CH-]3)ccc2)[CH-]1.Oc1ccccc1N1C=CN(c2[c-]cccc2)[CH-]1.[Ir]. The van der Waals surface area contributed by atoms with Crippen LogP contribution in [0.2, 0.25) is 0 Å². The van der Waals surface area contributed by atoms with Gasteiger partial charge < -0.3 is 34.5 Å². The molecule has 8 heteroatoms. The van der Waals surface area contributed by atoms with Crippen LogP contribution in [0.15, 0.2) is 104 Å². The number of hydrogen-bond acceptors (Lipinski definition) is 7. The maximum Gasteiger partial charge on any atom is 0.136 e. The second-order valence-electron chi connectivity index (χ2n) is 8.36. The first kappa shape index (κ1) is 26.2.